The van der Waals surface area contributed by atoms with Crippen LogP contribution < -0.4 is 10.5 Å². The van der Waals surface area contributed by atoms with Crippen LogP contribution in [0.2, 0.25) is 0 Å². The molecule has 12 aromatic rings. The molecule has 1 fully saturated rings. The molecule has 6 N–H and O–H groups in total. The molecule has 4 aromatic heterocycles. The van der Waals surface area contributed by atoms with Crippen LogP contribution in [0.25, 0.3) is 89.2 Å². The molecule has 1 aliphatic rings. The molecule has 8 aromatic carbocycles. The van der Waals surface area contributed by atoms with Crippen molar-refractivity contribution < 1.29 is 230 Å². The van der Waals surface area contributed by atoms with Gasteiger partial charge < -0.3 is 67.5 Å². The number of nitrogen functional groups attached to an aromatic ring is 1. The molecule has 0 amide bonds. The van der Waals surface area contributed by atoms with Gasteiger partial charge in [0.25, 0.3) is 5.69 Å². The van der Waals surface area contributed by atoms with Crippen molar-refractivity contribution in [2.24, 2.45) is 5.92 Å². The minimum absolute atomic E-state index is 0. The third kappa shape index (κ3) is 33.0. The Labute approximate surface area is 822 Å². The van der Waals surface area contributed by atoms with Gasteiger partial charge in [-0.25, -0.2) is 19.2 Å². The number of nitro groups is 2. The first-order valence-corrected chi connectivity index (χ1v) is 41.2. The topological polar surface area (TPSA) is 404 Å². The van der Waals surface area contributed by atoms with Crippen molar-refractivity contribution in [1.29, 1.82) is 0 Å². The first-order chi connectivity index (χ1) is 58.0. The summed E-state index contributed by atoms with van der Waals surface area (Å²) in [4.78, 5) is 71.2. The quantitative estimate of drug-likeness (QED) is 0.0101. The van der Waals surface area contributed by atoms with Crippen molar-refractivity contribution >= 4 is 111 Å². The zero-order valence-corrected chi connectivity index (χ0v) is 76.7. The fourth-order valence-corrected chi connectivity index (χ4v) is 11.3. The van der Waals surface area contributed by atoms with Crippen LogP contribution >= 0.6 is 15.9 Å². The van der Waals surface area contributed by atoms with Crippen molar-refractivity contribution in [3.05, 3.63) is 215 Å². The number of carbonyl (C=O) groups excluding carboxylic acids is 4. The van der Waals surface area contributed by atoms with Crippen LogP contribution in [0.15, 0.2) is 174 Å². The van der Waals surface area contributed by atoms with Gasteiger partial charge in [-0.2, -0.15) is 21.6 Å². The van der Waals surface area contributed by atoms with E-state index in [1.807, 2.05) is 55.5 Å². The SMILES string of the molecule is CC1CC1.CCC.CCC.CCC.CCCc1cc2c(C(=O)OCC)c(-c3ccc(O)cc3)oc2cc1N.CCOC(=O)c1c(-c2ccc(Br)cc2)oc2ccc(C)cc12.CCOC(=O)c1c(-c2ccc(O)cc2)oc2cc([N+](=O)[O-])c(C)cc12.CCOC(=O)c1c(-c2ccc(O)cc2)oc2cc([N+](=O)[O-])c(OC)cc12.CO.COS(=O)(=O)C(F)(F)F.[Ar].[Ar].[Ar]. The van der Waals surface area contributed by atoms with Gasteiger partial charge in [-0.1, -0.05) is 134 Å². The third-order valence-corrected chi connectivity index (χ3v) is 18.0. The van der Waals surface area contributed by atoms with E-state index in [4.69, 9.17) is 52.2 Å². The van der Waals surface area contributed by atoms with Crippen LogP contribution in [-0.2, 0) is 39.7 Å². The predicted molar refractivity (Wildman–Crippen MR) is 467 cm³/mol. The number of nitrogens with two attached hydrogens (primary N) is 1. The molecule has 13 rings (SSSR count). The third-order valence-electron chi connectivity index (χ3n) is 16.5. The molecule has 0 radical (unpaired) electrons. The number of fused-ring (bicyclic) bond motifs is 4. The van der Waals surface area contributed by atoms with E-state index in [1.54, 1.807) is 95.3 Å². The van der Waals surface area contributed by atoms with Gasteiger partial charge in [0.2, 0.25) is 0 Å². The maximum absolute atomic E-state index is 12.6. The second-order valence-corrected chi connectivity index (χ2v) is 29.2. The number of furan rings is 4. The van der Waals surface area contributed by atoms with E-state index in [-0.39, 0.29) is 207 Å². The number of benzene rings is 8. The number of anilines is 1. The number of aliphatic hydroxyl groups excluding tert-OH is 1. The smallest absolute Gasteiger partial charge is 0.508 e. The predicted octanol–water partition coefficient (Wildman–Crippen LogP) is 23.7. The normalized spacial score (nSPS) is 10.8. The summed E-state index contributed by atoms with van der Waals surface area (Å²) in [5, 5.41) is 60.0. The van der Waals surface area contributed by atoms with Gasteiger partial charge >= 0.3 is 45.2 Å². The number of hydrogen-bond donors (Lipinski definition) is 5. The summed E-state index contributed by atoms with van der Waals surface area (Å²) < 4.78 is 106. The molecule has 0 spiro atoms. The standard InChI is InChI=1S/C20H21NO4.C18H15BrO3.C18H15NO7.C18H15NO6.C4H8.3C3H8.C2H3F3O3S.CH4O.3Ar/c1-3-5-13-10-15-17(11-16(13)21)25-19(18(15)20(23)24-4-2)12-6-8-14(22)9-7-12;1-3-21-18(20)16-14-10-11(2)4-9-15(14)22-17(16)12-5-7-13(19)8-6-12;1-3-25-18(21)16-12-8-15(24-2)13(19(22)23)9-14(12)26-17(16)10-4-6-11(20)7-5-10;1-3-24-18(21)16-13-8-10(2)14(19(22)23)9-15(13)25-17(16)11-4-6-12(20)7-5-11;1-4-2-3-4;3*1-3-2;1-8-9(6,7)2(3,4)5;1-2;;;/h6-11,22H,3-5,21H2,1-2H3;4-10H,3H2,1-2H3;4-9,20H,3H2,1-2H3;4-9,20H,3H2,1-2H3;4H,2-3H2,1H3;3*3H2,1-2H3;1H3;2H,1H3;;;. The molecular weight excluding hydrogens is 1800 g/mol. The van der Waals surface area contributed by atoms with Gasteiger partial charge in [0.05, 0.1) is 62.6 Å². The van der Waals surface area contributed by atoms with Crippen molar-refractivity contribution in [3.63, 3.8) is 0 Å². The molecule has 0 atom stereocenters. The Bertz CT molecular complexity index is 5560. The molecule has 125 heavy (non-hydrogen) atoms. The molecule has 4 heterocycles. The van der Waals surface area contributed by atoms with Gasteiger partial charge in [0.1, 0.15) is 84.9 Å². The summed E-state index contributed by atoms with van der Waals surface area (Å²) in [6.45, 7) is 28.6. The summed E-state index contributed by atoms with van der Waals surface area (Å²) in [7, 11) is -2.58. The maximum atomic E-state index is 12.6. The molecule has 0 aliphatic heterocycles. The number of nitrogens with zero attached hydrogens (tertiary/aromatic N) is 2. The van der Waals surface area contributed by atoms with Gasteiger partial charge in [0, 0.05) is 186 Å². The summed E-state index contributed by atoms with van der Waals surface area (Å²) in [5.41, 5.74) is 9.01. The average molecular weight is 1900 g/mol. The number of ether oxygens (including phenoxy) is 5. The zero-order valence-electron chi connectivity index (χ0n) is 72.2. The Kier molecular flexibility index (Phi) is 51.9. The Morgan fingerprint density at radius 2 is 0.792 bits per heavy atom. The molecule has 35 heteroatoms. The number of alkyl halides is 3. The van der Waals surface area contributed by atoms with Crippen LogP contribution in [0.3, 0.4) is 0 Å². The number of phenols is 3. The Morgan fingerprint density at radius 1 is 0.488 bits per heavy atom. The molecule has 1 saturated carbocycles. The van der Waals surface area contributed by atoms with Crippen LogP contribution in [0, 0.1) is 153 Å². The van der Waals surface area contributed by atoms with E-state index in [0.717, 1.165) is 52.4 Å². The minimum atomic E-state index is -5.34. The molecule has 0 bridgehead atoms. The second-order valence-electron chi connectivity index (χ2n) is 26.6. The second kappa shape index (κ2) is 56.7. The molecule has 27 nitrogen and oxygen atoms in total. The molecule has 0 saturated heterocycles. The van der Waals surface area contributed by atoms with E-state index in [2.05, 4.69) is 75.5 Å². The summed E-state index contributed by atoms with van der Waals surface area (Å²) >= 11 is 3.41. The summed E-state index contributed by atoms with van der Waals surface area (Å²) in [6, 6.07) is 41.2. The maximum Gasteiger partial charge on any atom is 0.523 e. The van der Waals surface area contributed by atoms with Crippen LogP contribution in [0.4, 0.5) is 30.2 Å². The van der Waals surface area contributed by atoms with Gasteiger partial charge in [0.15, 0.2) is 5.75 Å². The molecule has 1 aliphatic carbocycles. The van der Waals surface area contributed by atoms with Gasteiger partial charge in [-0.05, 0) is 175 Å². The first kappa shape index (κ1) is 115. The van der Waals surface area contributed by atoms with E-state index in [0.29, 0.717) is 91.6 Å². The number of nitro benzene ring substituents is 2. The van der Waals surface area contributed by atoms with Crippen molar-refractivity contribution in [3.8, 4) is 68.3 Å². The Morgan fingerprint density at radius 3 is 1.09 bits per heavy atom. The van der Waals surface area contributed by atoms with E-state index in [1.165, 1.54) is 81.7 Å². The van der Waals surface area contributed by atoms with Crippen molar-refractivity contribution in [2.75, 3.05) is 53.5 Å². The molecular formula is C90H105Ar3BrF3N3O24S. The van der Waals surface area contributed by atoms with Gasteiger partial charge in [-0.15, -0.1) is 0 Å². The number of aromatic hydroxyl groups is 3. The average Bonchev–Trinajstić information content (AvgIpc) is 1.63. The number of hydrogen-bond acceptors (Lipinski definition) is 25. The van der Waals surface area contributed by atoms with Crippen molar-refractivity contribution in [1.82, 2.24) is 0 Å². The number of aliphatic hydroxyl groups is 1. The van der Waals surface area contributed by atoms with Crippen LogP contribution in [0.5, 0.6) is 23.0 Å². The minimum Gasteiger partial charge on any atom is -0.508 e. The monoisotopic (exact) mass is 1900 g/mol. The summed E-state index contributed by atoms with van der Waals surface area (Å²) in [6.07, 6.45) is 8.50. The number of aryl methyl sites for hydroxylation is 3. The number of phenolic OH excluding ortho intramolecular Hbond substituents is 3. The summed E-state index contributed by atoms with van der Waals surface area (Å²) in [5.74, 6) is 0.786. The fourth-order valence-electron chi connectivity index (χ4n) is 10.9. The molecule has 0 unspecified atom stereocenters. The zero-order chi connectivity index (χ0) is 91.5. The van der Waals surface area contributed by atoms with E-state index < -0.39 is 43.4 Å². The number of methoxy groups -OCH3 is 1. The van der Waals surface area contributed by atoms with E-state index in [9.17, 15) is 76.3 Å². The number of halogens is 4. The van der Waals surface area contributed by atoms with Crippen LogP contribution in [-0.4, -0.2) is 116 Å². The molecule has 682 valence electrons. The first-order valence-electron chi connectivity index (χ1n) is 39.0. The number of rotatable bonds is 18. The van der Waals surface area contributed by atoms with Gasteiger partial charge in [-0.3, -0.25) is 24.4 Å². The largest absolute Gasteiger partial charge is 0.523 e. The number of carbonyl (C=O) groups is 4. The fraction of sp³-hybridized carbons (Fsp3) is 0.333. The Hall–Kier alpha value is -8.48. The van der Waals surface area contributed by atoms with Crippen molar-refractivity contribution in [2.45, 2.75) is 147 Å². The van der Waals surface area contributed by atoms with E-state index >= 15 is 0 Å². The number of esters is 4. The Balaban J connectivity index is 0.000000759. The van der Waals surface area contributed by atoms with Crippen LogP contribution in [0.1, 0.15) is 180 Å².